The van der Waals surface area contributed by atoms with E-state index >= 15 is 0 Å². The summed E-state index contributed by atoms with van der Waals surface area (Å²) in [5.41, 5.74) is 2.62. The minimum absolute atomic E-state index is 0.0723. The highest BCUT2D eigenvalue weighted by Crippen LogP contribution is 2.32. The van der Waals surface area contributed by atoms with Gasteiger partial charge in [-0.2, -0.15) is 5.26 Å². The molecule has 3 aromatic rings. The van der Waals surface area contributed by atoms with Gasteiger partial charge in [-0.05, 0) is 42.7 Å². The molecule has 0 saturated heterocycles. The fourth-order valence-electron chi connectivity index (χ4n) is 4.43. The first-order chi connectivity index (χ1) is 16.4. The van der Waals surface area contributed by atoms with Crippen LogP contribution in [-0.4, -0.2) is 43.0 Å². The molecule has 0 spiro atoms. The monoisotopic (exact) mass is 476 g/mol. The van der Waals surface area contributed by atoms with E-state index in [2.05, 4.69) is 11.4 Å². The maximum Gasteiger partial charge on any atom is 0.264 e. The highest BCUT2D eigenvalue weighted by atomic mass is 32.2. The van der Waals surface area contributed by atoms with E-state index in [0.717, 1.165) is 35.0 Å². The molecule has 2 heterocycles. The van der Waals surface area contributed by atoms with Crippen molar-refractivity contribution in [2.24, 2.45) is 0 Å². The van der Waals surface area contributed by atoms with Crippen LogP contribution in [-0.2, 0) is 22.9 Å². The highest BCUT2D eigenvalue weighted by Gasteiger charge is 2.35. The van der Waals surface area contributed by atoms with Gasteiger partial charge in [0.15, 0.2) is 9.84 Å². The van der Waals surface area contributed by atoms with Crippen molar-refractivity contribution in [1.82, 2.24) is 9.88 Å². The lowest BCUT2D eigenvalue weighted by molar-refractivity contribution is 0.0949. The van der Waals surface area contributed by atoms with Gasteiger partial charge in [0.1, 0.15) is 5.56 Å². The third-order valence-electron chi connectivity index (χ3n) is 6.48. The van der Waals surface area contributed by atoms with Crippen molar-refractivity contribution in [2.45, 2.75) is 31.2 Å². The van der Waals surface area contributed by atoms with E-state index in [1.165, 1.54) is 0 Å². The molecule has 1 saturated carbocycles. The van der Waals surface area contributed by atoms with E-state index in [4.69, 9.17) is 5.26 Å². The molecular formula is C25H24N4O4S. The van der Waals surface area contributed by atoms with E-state index in [-0.39, 0.29) is 28.7 Å². The van der Waals surface area contributed by atoms with Crippen LogP contribution in [0.3, 0.4) is 0 Å². The number of sulfone groups is 1. The molecule has 174 valence electrons. The second kappa shape index (κ2) is 8.61. The van der Waals surface area contributed by atoms with Crippen LogP contribution in [0.2, 0.25) is 0 Å². The fourth-order valence-corrected chi connectivity index (χ4v) is 6.10. The summed E-state index contributed by atoms with van der Waals surface area (Å²) in [6, 6.07) is 16.2. The maximum absolute atomic E-state index is 13.2. The highest BCUT2D eigenvalue weighted by molar-refractivity contribution is 7.92. The van der Waals surface area contributed by atoms with Gasteiger partial charge in [0.05, 0.1) is 33.8 Å². The third-order valence-corrected chi connectivity index (χ3v) is 8.72. The second-order valence-corrected chi connectivity index (χ2v) is 11.2. The van der Waals surface area contributed by atoms with Crippen molar-refractivity contribution >= 4 is 32.3 Å². The van der Waals surface area contributed by atoms with Crippen molar-refractivity contribution in [3.05, 3.63) is 75.6 Å². The first-order valence-electron chi connectivity index (χ1n) is 11.3. The number of carbonyl (C=O) groups is 1. The summed E-state index contributed by atoms with van der Waals surface area (Å²) >= 11 is 0. The number of anilines is 1. The van der Waals surface area contributed by atoms with Gasteiger partial charge in [0.25, 0.3) is 11.5 Å². The van der Waals surface area contributed by atoms with Gasteiger partial charge in [-0.15, -0.1) is 0 Å². The molecule has 0 radical (unpaired) electrons. The second-order valence-electron chi connectivity index (χ2n) is 8.77. The van der Waals surface area contributed by atoms with Crippen molar-refractivity contribution in [3.8, 4) is 6.07 Å². The Morgan fingerprint density at radius 1 is 1.12 bits per heavy atom. The van der Waals surface area contributed by atoms with Crippen LogP contribution in [0.15, 0.2) is 53.3 Å². The first kappa shape index (κ1) is 22.2. The molecule has 1 aliphatic heterocycles. The topological polar surface area (TPSA) is 112 Å². The van der Waals surface area contributed by atoms with Crippen LogP contribution in [0.4, 0.5) is 5.69 Å². The normalized spacial score (nSPS) is 15.2. The molecule has 1 amide bonds. The fraction of sp³-hybridized carbons (Fsp3) is 0.320. The van der Waals surface area contributed by atoms with Gasteiger partial charge < -0.3 is 14.8 Å². The van der Waals surface area contributed by atoms with E-state index in [1.807, 2.05) is 23.1 Å². The summed E-state index contributed by atoms with van der Waals surface area (Å²) < 4.78 is 26.3. The van der Waals surface area contributed by atoms with Crippen molar-refractivity contribution < 1.29 is 13.2 Å². The Morgan fingerprint density at radius 2 is 1.88 bits per heavy atom. The molecule has 2 aromatic carbocycles. The molecule has 0 bridgehead atoms. The average Bonchev–Trinajstić information content (AvgIpc) is 3.70. The number of pyridine rings is 1. The SMILES string of the molecule is N#Cc1ccc(CNC(=O)c2cc3cccc4c3n(c2=O)CCN4CCS(=O)(=O)C2CC2)cc1. The molecule has 34 heavy (non-hydrogen) atoms. The van der Waals surface area contributed by atoms with Crippen molar-refractivity contribution in [3.63, 3.8) is 0 Å². The summed E-state index contributed by atoms with van der Waals surface area (Å²) in [5, 5.41) is 12.3. The summed E-state index contributed by atoms with van der Waals surface area (Å²) in [7, 11) is -3.07. The Kier molecular flexibility index (Phi) is 5.62. The number of nitriles is 1. The summed E-state index contributed by atoms with van der Waals surface area (Å²) in [6.45, 7) is 1.51. The Hall–Kier alpha value is -3.64. The molecule has 1 N–H and O–H groups in total. The predicted molar refractivity (Wildman–Crippen MR) is 130 cm³/mol. The Morgan fingerprint density at radius 3 is 2.59 bits per heavy atom. The van der Waals surface area contributed by atoms with Gasteiger partial charge in [-0.25, -0.2) is 8.42 Å². The number of para-hydroxylation sites is 1. The van der Waals surface area contributed by atoms with E-state index in [1.54, 1.807) is 34.9 Å². The molecule has 8 nitrogen and oxygen atoms in total. The van der Waals surface area contributed by atoms with E-state index in [9.17, 15) is 18.0 Å². The lowest BCUT2D eigenvalue weighted by Crippen LogP contribution is -2.41. The molecule has 1 aromatic heterocycles. The molecule has 9 heteroatoms. The molecule has 0 unspecified atom stereocenters. The number of aromatic nitrogens is 1. The number of carbonyl (C=O) groups excluding carboxylic acids is 1. The molecule has 1 fully saturated rings. The van der Waals surface area contributed by atoms with Gasteiger partial charge in [0.2, 0.25) is 0 Å². The van der Waals surface area contributed by atoms with Crippen LogP contribution >= 0.6 is 0 Å². The third kappa shape index (κ3) is 4.17. The summed E-state index contributed by atoms with van der Waals surface area (Å²) in [6.07, 6.45) is 1.51. The lowest BCUT2D eigenvalue weighted by Gasteiger charge is -2.32. The predicted octanol–water partition coefficient (Wildman–Crippen LogP) is 2.20. The van der Waals surface area contributed by atoms with Crippen LogP contribution in [0.5, 0.6) is 0 Å². The minimum atomic E-state index is -3.07. The van der Waals surface area contributed by atoms with Crippen LogP contribution < -0.4 is 15.8 Å². The molecule has 1 aliphatic carbocycles. The smallest absolute Gasteiger partial charge is 0.264 e. The van der Waals surface area contributed by atoms with Gasteiger partial charge in [0, 0.05) is 31.6 Å². The molecular weight excluding hydrogens is 452 g/mol. The average molecular weight is 477 g/mol. The minimum Gasteiger partial charge on any atom is -0.367 e. The molecule has 5 rings (SSSR count). The van der Waals surface area contributed by atoms with E-state index in [0.29, 0.717) is 25.2 Å². The zero-order valence-electron chi connectivity index (χ0n) is 18.5. The van der Waals surface area contributed by atoms with Crippen molar-refractivity contribution in [2.75, 3.05) is 23.7 Å². The number of benzene rings is 2. The van der Waals surface area contributed by atoms with Gasteiger partial charge >= 0.3 is 0 Å². The number of nitrogens with zero attached hydrogens (tertiary/aromatic N) is 3. The first-order valence-corrected chi connectivity index (χ1v) is 13.0. The number of nitrogens with one attached hydrogen (secondary N) is 1. The Balaban J connectivity index is 1.39. The standard InChI is InChI=1S/C25H24N4O4S/c26-15-17-4-6-18(7-5-17)16-27-24(30)21-14-19-2-1-3-22-23(19)29(25(21)31)11-10-28(22)12-13-34(32,33)20-8-9-20/h1-7,14,20H,8-13,16H2,(H,27,30). The Labute approximate surface area is 197 Å². The Bertz CT molecular complexity index is 1480. The number of hydrogen-bond donors (Lipinski definition) is 1. The number of rotatable bonds is 7. The molecule has 0 atom stereocenters. The number of hydrogen-bond acceptors (Lipinski definition) is 6. The quantitative estimate of drug-likeness (QED) is 0.560. The van der Waals surface area contributed by atoms with E-state index < -0.39 is 15.7 Å². The van der Waals surface area contributed by atoms with Crippen molar-refractivity contribution in [1.29, 1.82) is 5.26 Å². The van der Waals surface area contributed by atoms with Crippen LogP contribution in [0.25, 0.3) is 10.9 Å². The summed E-state index contributed by atoms with van der Waals surface area (Å²) in [5.74, 6) is -0.350. The van der Waals surface area contributed by atoms with Gasteiger partial charge in [-0.1, -0.05) is 24.3 Å². The number of amides is 1. The van der Waals surface area contributed by atoms with Crippen LogP contribution in [0.1, 0.15) is 34.3 Å². The maximum atomic E-state index is 13.2. The van der Waals surface area contributed by atoms with Crippen LogP contribution in [0, 0.1) is 11.3 Å². The summed E-state index contributed by atoms with van der Waals surface area (Å²) in [4.78, 5) is 28.1. The lowest BCUT2D eigenvalue weighted by atomic mass is 10.1. The van der Waals surface area contributed by atoms with Gasteiger partial charge in [-0.3, -0.25) is 9.59 Å². The largest absolute Gasteiger partial charge is 0.367 e. The zero-order valence-corrected chi connectivity index (χ0v) is 19.3. The molecule has 2 aliphatic rings. The zero-order chi connectivity index (χ0) is 23.9.